The summed E-state index contributed by atoms with van der Waals surface area (Å²) in [5, 5.41) is 3.55. The number of hydrogen-bond acceptors (Lipinski definition) is 3. The van der Waals surface area contributed by atoms with Gasteiger partial charge in [-0.05, 0) is 52.5 Å². The van der Waals surface area contributed by atoms with Gasteiger partial charge in [-0.3, -0.25) is 9.69 Å². The van der Waals surface area contributed by atoms with Crippen LogP contribution in [0.4, 0.5) is 5.69 Å². The molecule has 0 saturated carbocycles. The van der Waals surface area contributed by atoms with E-state index in [1.165, 1.54) is 0 Å². The third-order valence-electron chi connectivity index (χ3n) is 2.58. The number of rotatable bonds is 5. The van der Waals surface area contributed by atoms with Crippen LogP contribution in [0.15, 0.2) is 24.3 Å². The van der Waals surface area contributed by atoms with Gasteiger partial charge in [-0.25, -0.2) is 0 Å². The van der Waals surface area contributed by atoms with E-state index in [2.05, 4.69) is 5.32 Å². The van der Waals surface area contributed by atoms with E-state index in [1.807, 2.05) is 38.0 Å². The Morgan fingerprint density at radius 3 is 2.22 bits per heavy atom. The molecule has 18 heavy (non-hydrogen) atoms. The number of likely N-dealkylation sites (N-methyl/N-ethyl adjacent to an activating group) is 2. The molecule has 1 rings (SSSR count). The molecule has 0 aliphatic heterocycles. The molecule has 0 aromatic heterocycles. The topological polar surface area (TPSA) is 35.6 Å². The van der Waals surface area contributed by atoms with Crippen molar-refractivity contribution in [1.82, 2.24) is 9.80 Å². The van der Waals surface area contributed by atoms with Gasteiger partial charge in [-0.2, -0.15) is 0 Å². The number of hydrogen-bond donors (Lipinski definition) is 1. The molecule has 100 valence electrons. The van der Waals surface area contributed by atoms with Crippen molar-refractivity contribution < 1.29 is 4.79 Å². The van der Waals surface area contributed by atoms with E-state index in [0.29, 0.717) is 11.6 Å². The Labute approximate surface area is 114 Å². The minimum absolute atomic E-state index is 0.0176. The van der Waals surface area contributed by atoms with E-state index in [4.69, 9.17) is 11.6 Å². The summed E-state index contributed by atoms with van der Waals surface area (Å²) < 4.78 is 0. The number of benzene rings is 1. The van der Waals surface area contributed by atoms with Gasteiger partial charge in [0.2, 0.25) is 5.91 Å². The zero-order valence-corrected chi connectivity index (χ0v) is 12.0. The summed E-state index contributed by atoms with van der Waals surface area (Å²) >= 11 is 5.80. The van der Waals surface area contributed by atoms with Crippen LogP contribution in [0, 0.1) is 0 Å². The van der Waals surface area contributed by atoms with Crippen molar-refractivity contribution in [2.45, 2.75) is 6.04 Å². The molecule has 5 heteroatoms. The maximum Gasteiger partial charge on any atom is 0.243 e. The fourth-order valence-corrected chi connectivity index (χ4v) is 1.71. The average molecular weight is 270 g/mol. The van der Waals surface area contributed by atoms with Crippen LogP contribution in [0.2, 0.25) is 5.02 Å². The molecule has 0 fully saturated rings. The highest BCUT2D eigenvalue weighted by Gasteiger charge is 2.21. The van der Waals surface area contributed by atoms with Crippen LogP contribution in [0.25, 0.3) is 0 Å². The molecule has 0 unspecified atom stereocenters. The Kier molecular flexibility index (Phi) is 5.59. The molecule has 1 aromatic carbocycles. The Balaban J connectivity index is 2.69. The molecular weight excluding hydrogens is 250 g/mol. The van der Waals surface area contributed by atoms with Crippen LogP contribution in [0.3, 0.4) is 0 Å². The van der Waals surface area contributed by atoms with Crippen molar-refractivity contribution >= 4 is 23.2 Å². The van der Waals surface area contributed by atoms with Gasteiger partial charge < -0.3 is 10.2 Å². The fraction of sp³-hybridized carbons (Fsp3) is 0.462. The second-order valence-electron chi connectivity index (χ2n) is 4.74. The van der Waals surface area contributed by atoms with Gasteiger partial charge in [0.15, 0.2) is 0 Å². The summed E-state index contributed by atoms with van der Waals surface area (Å²) in [4.78, 5) is 16.1. The lowest BCUT2D eigenvalue weighted by Gasteiger charge is -2.26. The average Bonchev–Trinajstić information content (AvgIpc) is 2.28. The van der Waals surface area contributed by atoms with Gasteiger partial charge in [0.05, 0.1) is 0 Å². The van der Waals surface area contributed by atoms with E-state index in [9.17, 15) is 4.79 Å². The maximum absolute atomic E-state index is 12.2. The van der Waals surface area contributed by atoms with Crippen LogP contribution in [-0.4, -0.2) is 56.5 Å². The van der Waals surface area contributed by atoms with Crippen molar-refractivity contribution in [3.63, 3.8) is 0 Å². The summed E-state index contributed by atoms with van der Waals surface area (Å²) in [6.07, 6.45) is 0. The molecule has 1 N–H and O–H groups in total. The third kappa shape index (κ3) is 4.64. The highest BCUT2D eigenvalue weighted by atomic mass is 35.5. The fourth-order valence-electron chi connectivity index (χ4n) is 1.59. The lowest BCUT2D eigenvalue weighted by molar-refractivity contribution is -0.120. The minimum atomic E-state index is -0.185. The first-order chi connectivity index (χ1) is 8.40. The van der Waals surface area contributed by atoms with E-state index >= 15 is 0 Å². The van der Waals surface area contributed by atoms with Crippen LogP contribution in [0.1, 0.15) is 0 Å². The Hall–Kier alpha value is -1.10. The highest BCUT2D eigenvalue weighted by Crippen LogP contribution is 2.14. The van der Waals surface area contributed by atoms with E-state index in [-0.39, 0.29) is 11.9 Å². The molecule has 0 aliphatic rings. The standard InChI is InChI=1S/C13H20ClN3O/c1-16(2)9-12(17(3)4)13(18)15-11-7-5-10(14)6-8-11/h5-8,12H,9H2,1-4H3,(H,15,18)/t12-/m1/s1. The van der Waals surface area contributed by atoms with Gasteiger partial charge in [0.1, 0.15) is 6.04 Å². The van der Waals surface area contributed by atoms with Crippen molar-refractivity contribution in [2.75, 3.05) is 40.1 Å². The van der Waals surface area contributed by atoms with Crippen LogP contribution in [-0.2, 0) is 4.79 Å². The predicted molar refractivity (Wildman–Crippen MR) is 76.1 cm³/mol. The zero-order valence-electron chi connectivity index (χ0n) is 11.3. The Morgan fingerprint density at radius 1 is 1.22 bits per heavy atom. The smallest absolute Gasteiger partial charge is 0.243 e. The summed E-state index contributed by atoms with van der Waals surface area (Å²) in [6, 6.07) is 6.92. The monoisotopic (exact) mass is 269 g/mol. The SMILES string of the molecule is CN(C)C[C@H](C(=O)Nc1ccc(Cl)cc1)N(C)C. The Morgan fingerprint density at radius 2 is 1.78 bits per heavy atom. The minimum Gasteiger partial charge on any atom is -0.325 e. The number of carbonyl (C=O) groups is 1. The summed E-state index contributed by atoms with van der Waals surface area (Å²) in [5.74, 6) is -0.0176. The summed E-state index contributed by atoms with van der Waals surface area (Å²) in [5.41, 5.74) is 0.759. The van der Waals surface area contributed by atoms with Gasteiger partial charge >= 0.3 is 0 Å². The van der Waals surface area contributed by atoms with E-state index in [0.717, 1.165) is 5.69 Å². The normalized spacial score (nSPS) is 12.8. The second kappa shape index (κ2) is 6.73. The molecule has 0 heterocycles. The van der Waals surface area contributed by atoms with Crippen LogP contribution in [0.5, 0.6) is 0 Å². The Bertz CT molecular complexity index is 390. The lowest BCUT2D eigenvalue weighted by atomic mass is 10.2. The molecule has 1 amide bonds. The number of anilines is 1. The quantitative estimate of drug-likeness (QED) is 0.885. The van der Waals surface area contributed by atoms with E-state index in [1.54, 1.807) is 24.3 Å². The lowest BCUT2D eigenvalue weighted by Crippen LogP contribution is -2.46. The first-order valence-corrected chi connectivity index (χ1v) is 6.15. The van der Waals surface area contributed by atoms with Gasteiger partial charge in [0.25, 0.3) is 0 Å². The van der Waals surface area contributed by atoms with Crippen LogP contribution >= 0.6 is 11.6 Å². The number of nitrogens with one attached hydrogen (secondary N) is 1. The predicted octanol–water partition coefficient (Wildman–Crippen LogP) is 1.77. The highest BCUT2D eigenvalue weighted by molar-refractivity contribution is 6.30. The van der Waals surface area contributed by atoms with Crippen molar-refractivity contribution in [2.24, 2.45) is 0 Å². The largest absolute Gasteiger partial charge is 0.325 e. The molecule has 0 bridgehead atoms. The van der Waals surface area contributed by atoms with Crippen LogP contribution < -0.4 is 5.32 Å². The van der Waals surface area contributed by atoms with E-state index < -0.39 is 0 Å². The van der Waals surface area contributed by atoms with Gasteiger partial charge in [-0.1, -0.05) is 11.6 Å². The first-order valence-electron chi connectivity index (χ1n) is 5.77. The van der Waals surface area contributed by atoms with Gasteiger partial charge in [0, 0.05) is 17.3 Å². The summed E-state index contributed by atoms with van der Waals surface area (Å²) in [6.45, 7) is 0.673. The van der Waals surface area contributed by atoms with Crippen molar-refractivity contribution in [1.29, 1.82) is 0 Å². The first kappa shape index (κ1) is 15.0. The molecule has 1 aromatic rings. The number of carbonyl (C=O) groups excluding carboxylic acids is 1. The molecule has 0 aliphatic carbocycles. The zero-order chi connectivity index (χ0) is 13.7. The molecular formula is C13H20ClN3O. The van der Waals surface area contributed by atoms with Gasteiger partial charge in [-0.15, -0.1) is 0 Å². The number of halogens is 1. The van der Waals surface area contributed by atoms with Crippen molar-refractivity contribution in [3.8, 4) is 0 Å². The second-order valence-corrected chi connectivity index (χ2v) is 5.17. The molecule has 0 saturated heterocycles. The molecule has 4 nitrogen and oxygen atoms in total. The maximum atomic E-state index is 12.2. The number of nitrogens with zero attached hydrogens (tertiary/aromatic N) is 2. The number of amides is 1. The molecule has 0 radical (unpaired) electrons. The van der Waals surface area contributed by atoms with Crippen molar-refractivity contribution in [3.05, 3.63) is 29.3 Å². The summed E-state index contributed by atoms with van der Waals surface area (Å²) in [7, 11) is 7.70. The molecule has 0 spiro atoms. The third-order valence-corrected chi connectivity index (χ3v) is 2.83. The molecule has 1 atom stereocenters.